The van der Waals surface area contributed by atoms with Gasteiger partial charge in [0.05, 0.1) is 12.0 Å². The van der Waals surface area contributed by atoms with Crippen LogP contribution in [0.25, 0.3) is 0 Å². The Bertz CT molecular complexity index is 388. The maximum absolute atomic E-state index is 11.3. The van der Waals surface area contributed by atoms with Gasteiger partial charge in [0.15, 0.2) is 0 Å². The first-order valence-electron chi connectivity index (χ1n) is 4.33. The largest absolute Gasteiger partial charge is 0.469 e. The number of hydrogen-bond donors (Lipinski definition) is 2. The number of carbonyl (C=O) groups excluding carboxylic acids is 3. The summed E-state index contributed by atoms with van der Waals surface area (Å²) in [5.74, 6) is -1.71. The van der Waals surface area contributed by atoms with Gasteiger partial charge in [-0.05, 0) is 11.4 Å². The minimum absolute atomic E-state index is 0.423. The van der Waals surface area contributed by atoms with Gasteiger partial charge in [0, 0.05) is 0 Å². The molecule has 0 bridgehead atoms. The molecule has 0 radical (unpaired) electrons. The minimum Gasteiger partial charge on any atom is -0.469 e. The Morgan fingerprint density at radius 2 is 2.12 bits per heavy atom. The van der Waals surface area contributed by atoms with Crippen molar-refractivity contribution in [3.05, 3.63) is 22.4 Å². The Hall–Kier alpha value is -1.89. The molecular formula is C9H10N2O4S. The van der Waals surface area contributed by atoms with Crippen LogP contribution in [0, 0.1) is 0 Å². The molecule has 1 rings (SSSR count). The van der Waals surface area contributed by atoms with Crippen LogP contribution in [-0.4, -0.2) is 24.9 Å². The molecule has 1 aromatic heterocycles. The van der Waals surface area contributed by atoms with E-state index in [9.17, 15) is 14.4 Å². The van der Waals surface area contributed by atoms with E-state index in [0.29, 0.717) is 4.88 Å². The van der Waals surface area contributed by atoms with E-state index in [1.54, 1.807) is 17.5 Å². The molecule has 0 atom stereocenters. The third-order valence-corrected chi connectivity index (χ3v) is 2.46. The second-order valence-electron chi connectivity index (χ2n) is 2.73. The smallest absolute Gasteiger partial charge is 0.315 e. The Morgan fingerprint density at radius 3 is 2.69 bits per heavy atom. The molecule has 1 aromatic rings. The first kappa shape index (κ1) is 12.2. The fourth-order valence-electron chi connectivity index (χ4n) is 0.843. The van der Waals surface area contributed by atoms with Crippen LogP contribution < -0.4 is 10.9 Å². The number of rotatable bonds is 3. The molecule has 0 saturated heterocycles. The standard InChI is InChI=1S/C9H10N2O4S/c1-15-8(13)5-7(12)10-11-9(14)6-3-2-4-16-6/h2-4H,5H2,1H3,(H,10,12)(H,11,14). The highest BCUT2D eigenvalue weighted by Crippen LogP contribution is 2.06. The van der Waals surface area contributed by atoms with Gasteiger partial charge in [-0.2, -0.15) is 0 Å². The van der Waals surface area contributed by atoms with E-state index in [0.717, 1.165) is 0 Å². The highest BCUT2D eigenvalue weighted by atomic mass is 32.1. The maximum atomic E-state index is 11.3. The van der Waals surface area contributed by atoms with Gasteiger partial charge in [-0.3, -0.25) is 25.2 Å². The van der Waals surface area contributed by atoms with Crippen LogP contribution in [0.2, 0.25) is 0 Å². The molecule has 2 amide bonds. The number of nitrogens with one attached hydrogen (secondary N) is 2. The lowest BCUT2D eigenvalue weighted by atomic mass is 10.4. The highest BCUT2D eigenvalue weighted by molar-refractivity contribution is 7.12. The summed E-state index contributed by atoms with van der Waals surface area (Å²) in [6, 6.07) is 3.34. The van der Waals surface area contributed by atoms with Crippen LogP contribution in [0.5, 0.6) is 0 Å². The summed E-state index contributed by atoms with van der Waals surface area (Å²) in [7, 11) is 1.18. The topological polar surface area (TPSA) is 84.5 Å². The summed E-state index contributed by atoms with van der Waals surface area (Å²) >= 11 is 1.25. The minimum atomic E-state index is -0.664. The maximum Gasteiger partial charge on any atom is 0.315 e. The number of esters is 1. The van der Waals surface area contributed by atoms with E-state index < -0.39 is 24.2 Å². The number of hydrazine groups is 1. The number of methoxy groups -OCH3 is 1. The molecule has 0 saturated carbocycles. The molecule has 86 valence electrons. The fraction of sp³-hybridized carbons (Fsp3) is 0.222. The Morgan fingerprint density at radius 1 is 1.38 bits per heavy atom. The Labute approximate surface area is 95.6 Å². The number of hydrogen-bond acceptors (Lipinski definition) is 5. The van der Waals surface area contributed by atoms with Gasteiger partial charge < -0.3 is 4.74 Å². The van der Waals surface area contributed by atoms with E-state index >= 15 is 0 Å². The van der Waals surface area contributed by atoms with Crippen LogP contribution in [0.15, 0.2) is 17.5 Å². The van der Waals surface area contributed by atoms with Crippen molar-refractivity contribution in [1.29, 1.82) is 0 Å². The fourth-order valence-corrected chi connectivity index (χ4v) is 1.46. The molecule has 0 fully saturated rings. The molecule has 0 aliphatic carbocycles. The Kier molecular flexibility index (Phi) is 4.46. The van der Waals surface area contributed by atoms with Crippen molar-refractivity contribution in [1.82, 2.24) is 10.9 Å². The quantitative estimate of drug-likeness (QED) is 0.446. The molecule has 0 aromatic carbocycles. The predicted molar refractivity (Wildman–Crippen MR) is 56.6 cm³/mol. The SMILES string of the molecule is COC(=O)CC(=O)NNC(=O)c1cccs1. The van der Waals surface area contributed by atoms with E-state index in [4.69, 9.17) is 0 Å². The first-order chi connectivity index (χ1) is 7.63. The summed E-state index contributed by atoms with van der Waals surface area (Å²) < 4.78 is 4.29. The molecule has 0 aliphatic rings. The summed E-state index contributed by atoms with van der Waals surface area (Å²) in [5.41, 5.74) is 4.28. The highest BCUT2D eigenvalue weighted by Gasteiger charge is 2.11. The van der Waals surface area contributed by atoms with E-state index in [-0.39, 0.29) is 0 Å². The van der Waals surface area contributed by atoms with Gasteiger partial charge in [0.1, 0.15) is 6.42 Å². The van der Waals surface area contributed by atoms with Crippen molar-refractivity contribution in [2.24, 2.45) is 0 Å². The summed E-state index contributed by atoms with van der Waals surface area (Å²) in [6.07, 6.45) is -0.429. The second-order valence-corrected chi connectivity index (χ2v) is 3.68. The van der Waals surface area contributed by atoms with E-state index in [2.05, 4.69) is 15.6 Å². The van der Waals surface area contributed by atoms with Crippen LogP contribution in [0.3, 0.4) is 0 Å². The molecule has 1 heterocycles. The van der Waals surface area contributed by atoms with E-state index in [1.165, 1.54) is 18.4 Å². The van der Waals surface area contributed by atoms with Gasteiger partial charge in [0.25, 0.3) is 5.91 Å². The number of ether oxygens (including phenoxy) is 1. The summed E-state index contributed by atoms with van der Waals surface area (Å²) in [6.45, 7) is 0. The average molecular weight is 242 g/mol. The van der Waals surface area contributed by atoms with E-state index in [1.807, 2.05) is 0 Å². The molecule has 6 nitrogen and oxygen atoms in total. The zero-order valence-electron chi connectivity index (χ0n) is 8.48. The summed E-state index contributed by atoms with van der Waals surface area (Å²) in [4.78, 5) is 33.6. The number of thiophene rings is 1. The van der Waals surface area contributed by atoms with Crippen LogP contribution >= 0.6 is 11.3 Å². The van der Waals surface area contributed by atoms with Crippen molar-refractivity contribution in [2.75, 3.05) is 7.11 Å². The summed E-state index contributed by atoms with van der Waals surface area (Å²) in [5, 5.41) is 1.74. The van der Waals surface area contributed by atoms with Gasteiger partial charge >= 0.3 is 5.97 Å². The van der Waals surface area contributed by atoms with Crippen molar-refractivity contribution in [3.8, 4) is 0 Å². The van der Waals surface area contributed by atoms with Crippen molar-refractivity contribution < 1.29 is 19.1 Å². The molecule has 0 spiro atoms. The third kappa shape index (κ3) is 3.70. The molecule has 7 heteroatoms. The third-order valence-electron chi connectivity index (χ3n) is 1.59. The van der Waals surface area contributed by atoms with Crippen molar-refractivity contribution >= 4 is 29.1 Å². The normalized spacial score (nSPS) is 9.31. The van der Waals surface area contributed by atoms with Gasteiger partial charge in [-0.15, -0.1) is 11.3 Å². The van der Waals surface area contributed by atoms with Gasteiger partial charge in [-0.25, -0.2) is 0 Å². The van der Waals surface area contributed by atoms with Crippen molar-refractivity contribution in [2.45, 2.75) is 6.42 Å². The molecule has 0 unspecified atom stereocenters. The number of amides is 2. The predicted octanol–water partition coefficient (Wildman–Crippen LogP) is 0.0722. The zero-order chi connectivity index (χ0) is 12.0. The lowest BCUT2D eigenvalue weighted by Crippen LogP contribution is -2.42. The monoisotopic (exact) mass is 242 g/mol. The van der Waals surface area contributed by atoms with Crippen LogP contribution in [-0.2, 0) is 14.3 Å². The molecule has 0 aliphatic heterocycles. The molecule has 16 heavy (non-hydrogen) atoms. The zero-order valence-corrected chi connectivity index (χ0v) is 9.30. The Balaban J connectivity index is 2.32. The second kappa shape index (κ2) is 5.86. The van der Waals surface area contributed by atoms with Crippen molar-refractivity contribution in [3.63, 3.8) is 0 Å². The van der Waals surface area contributed by atoms with Crippen LogP contribution in [0.1, 0.15) is 16.1 Å². The lowest BCUT2D eigenvalue weighted by Gasteiger charge is -2.04. The molecular weight excluding hydrogens is 232 g/mol. The molecule has 2 N–H and O–H groups in total. The van der Waals surface area contributed by atoms with Crippen LogP contribution in [0.4, 0.5) is 0 Å². The lowest BCUT2D eigenvalue weighted by molar-refractivity contribution is -0.144. The first-order valence-corrected chi connectivity index (χ1v) is 5.21. The number of carbonyl (C=O) groups is 3. The average Bonchev–Trinajstić information content (AvgIpc) is 2.79. The van der Waals surface area contributed by atoms with Gasteiger partial charge in [-0.1, -0.05) is 6.07 Å². The van der Waals surface area contributed by atoms with Gasteiger partial charge in [0.2, 0.25) is 5.91 Å².